The van der Waals surface area contributed by atoms with Gasteiger partial charge in [0.1, 0.15) is 5.75 Å². The maximum absolute atomic E-state index is 12.4. The zero-order chi connectivity index (χ0) is 15.4. The minimum absolute atomic E-state index is 0.0639. The number of methoxy groups -OCH3 is 1. The van der Waals surface area contributed by atoms with E-state index < -0.39 is 0 Å². The number of nitrogens with one attached hydrogen (secondary N) is 1. The van der Waals surface area contributed by atoms with Crippen LogP contribution in [0.25, 0.3) is 0 Å². The second kappa shape index (κ2) is 6.65. The number of hydrogen-bond acceptors (Lipinski definition) is 2. The van der Waals surface area contributed by atoms with E-state index in [4.69, 9.17) is 4.74 Å². The predicted molar refractivity (Wildman–Crippen MR) is 86.7 cm³/mol. The third-order valence-corrected chi connectivity index (χ3v) is 4.07. The average molecular weight is 295 g/mol. The zero-order valence-electron chi connectivity index (χ0n) is 12.8. The highest BCUT2D eigenvalue weighted by molar-refractivity contribution is 5.79. The molecule has 1 atom stereocenters. The molecular weight excluding hydrogens is 274 g/mol. The van der Waals surface area contributed by atoms with Crippen LogP contribution < -0.4 is 10.1 Å². The van der Waals surface area contributed by atoms with Crippen LogP contribution in [0.4, 0.5) is 0 Å². The van der Waals surface area contributed by atoms with Crippen molar-refractivity contribution >= 4 is 5.91 Å². The first-order chi connectivity index (χ1) is 10.8. The molecule has 0 aliphatic heterocycles. The van der Waals surface area contributed by atoms with E-state index in [9.17, 15) is 4.79 Å². The first kappa shape index (κ1) is 14.6. The molecule has 22 heavy (non-hydrogen) atoms. The lowest BCUT2D eigenvalue weighted by Gasteiger charge is -2.19. The van der Waals surface area contributed by atoms with Crippen molar-refractivity contribution in [1.29, 1.82) is 0 Å². The minimum Gasteiger partial charge on any atom is -0.497 e. The molecule has 3 rings (SSSR count). The molecule has 0 radical (unpaired) electrons. The maximum atomic E-state index is 12.4. The number of ether oxygens (including phenoxy) is 1. The molecule has 0 spiro atoms. The fraction of sp³-hybridized carbons (Fsp3) is 0.316. The summed E-state index contributed by atoms with van der Waals surface area (Å²) in [6.07, 6.45) is 2.77. The molecule has 0 heterocycles. The van der Waals surface area contributed by atoms with E-state index in [-0.39, 0.29) is 11.9 Å². The third kappa shape index (κ3) is 3.67. The molecule has 2 aromatic carbocycles. The van der Waals surface area contributed by atoms with Gasteiger partial charge in [-0.15, -0.1) is 0 Å². The largest absolute Gasteiger partial charge is 0.497 e. The average Bonchev–Trinajstić information content (AvgIpc) is 3.38. The van der Waals surface area contributed by atoms with Crippen LogP contribution in [0.5, 0.6) is 5.75 Å². The van der Waals surface area contributed by atoms with E-state index in [1.165, 1.54) is 18.4 Å². The highest BCUT2D eigenvalue weighted by atomic mass is 16.5. The normalized spacial score (nSPS) is 15.1. The molecule has 2 aromatic rings. The van der Waals surface area contributed by atoms with Crippen LogP contribution in [0.3, 0.4) is 0 Å². The number of rotatable bonds is 6. The van der Waals surface area contributed by atoms with Gasteiger partial charge in [-0.3, -0.25) is 4.79 Å². The number of amides is 1. The number of carbonyl (C=O) groups is 1. The van der Waals surface area contributed by atoms with E-state index in [2.05, 4.69) is 17.4 Å². The summed E-state index contributed by atoms with van der Waals surface area (Å²) in [6.45, 7) is 0. The molecule has 114 valence electrons. The van der Waals surface area contributed by atoms with Crippen molar-refractivity contribution in [2.24, 2.45) is 5.92 Å². The van der Waals surface area contributed by atoms with Gasteiger partial charge in [0.15, 0.2) is 0 Å². The molecule has 1 aliphatic carbocycles. The summed E-state index contributed by atoms with van der Waals surface area (Å²) < 4.78 is 5.20. The Morgan fingerprint density at radius 1 is 1.18 bits per heavy atom. The van der Waals surface area contributed by atoms with Crippen LogP contribution in [0.1, 0.15) is 30.0 Å². The van der Waals surface area contributed by atoms with Gasteiger partial charge in [-0.05, 0) is 42.0 Å². The third-order valence-electron chi connectivity index (χ3n) is 4.07. The monoisotopic (exact) mass is 295 g/mol. The van der Waals surface area contributed by atoms with Crippen LogP contribution in [-0.2, 0) is 11.2 Å². The zero-order valence-corrected chi connectivity index (χ0v) is 12.8. The van der Waals surface area contributed by atoms with Crippen LogP contribution >= 0.6 is 0 Å². The molecule has 0 saturated heterocycles. The van der Waals surface area contributed by atoms with Crippen molar-refractivity contribution in [1.82, 2.24) is 5.32 Å². The Bertz CT molecular complexity index is 635. The summed E-state index contributed by atoms with van der Waals surface area (Å²) in [6, 6.07) is 18.0. The highest BCUT2D eigenvalue weighted by Gasteiger charge is 2.33. The lowest BCUT2D eigenvalue weighted by molar-refractivity contribution is -0.121. The van der Waals surface area contributed by atoms with Crippen molar-refractivity contribution in [3.63, 3.8) is 0 Å². The molecule has 3 heteroatoms. The van der Waals surface area contributed by atoms with Gasteiger partial charge in [0.2, 0.25) is 5.91 Å². The SMILES string of the molecule is COc1cccc(CC(=O)NC(c2ccccc2)C2CC2)c1. The van der Waals surface area contributed by atoms with Crippen LogP contribution in [0.15, 0.2) is 54.6 Å². The molecular formula is C19H21NO2. The summed E-state index contributed by atoms with van der Waals surface area (Å²) in [5.41, 5.74) is 2.17. The van der Waals surface area contributed by atoms with Gasteiger partial charge in [0, 0.05) is 0 Å². The van der Waals surface area contributed by atoms with E-state index in [0.29, 0.717) is 12.3 Å². The Kier molecular flexibility index (Phi) is 4.42. The van der Waals surface area contributed by atoms with Crippen molar-refractivity contribution < 1.29 is 9.53 Å². The van der Waals surface area contributed by atoms with Crippen molar-refractivity contribution in [2.75, 3.05) is 7.11 Å². The molecule has 1 N–H and O–H groups in total. The van der Waals surface area contributed by atoms with E-state index in [1.807, 2.05) is 42.5 Å². The van der Waals surface area contributed by atoms with Gasteiger partial charge in [-0.1, -0.05) is 42.5 Å². The van der Waals surface area contributed by atoms with E-state index in [1.54, 1.807) is 7.11 Å². The summed E-state index contributed by atoms with van der Waals surface area (Å²) in [7, 11) is 1.64. The molecule has 1 amide bonds. The Labute approximate surface area is 131 Å². The van der Waals surface area contributed by atoms with Gasteiger partial charge in [0.05, 0.1) is 19.6 Å². The minimum atomic E-state index is 0.0639. The fourth-order valence-corrected chi connectivity index (χ4v) is 2.76. The Balaban J connectivity index is 1.66. The van der Waals surface area contributed by atoms with Crippen LogP contribution in [0.2, 0.25) is 0 Å². The van der Waals surface area contributed by atoms with Gasteiger partial charge < -0.3 is 10.1 Å². The number of benzene rings is 2. The van der Waals surface area contributed by atoms with Crippen molar-refractivity contribution in [2.45, 2.75) is 25.3 Å². The standard InChI is InChI=1S/C19H21NO2/c1-22-17-9-5-6-14(12-17)13-18(21)20-19(16-10-11-16)15-7-3-2-4-8-15/h2-9,12,16,19H,10-11,13H2,1H3,(H,20,21). The highest BCUT2D eigenvalue weighted by Crippen LogP contribution is 2.40. The predicted octanol–water partition coefficient (Wildman–Crippen LogP) is 3.51. The van der Waals surface area contributed by atoms with Crippen molar-refractivity contribution in [3.8, 4) is 5.75 Å². The molecule has 0 aromatic heterocycles. The Morgan fingerprint density at radius 2 is 1.95 bits per heavy atom. The van der Waals surface area contributed by atoms with Crippen LogP contribution in [-0.4, -0.2) is 13.0 Å². The molecule has 1 unspecified atom stereocenters. The Morgan fingerprint density at radius 3 is 2.64 bits per heavy atom. The molecule has 1 saturated carbocycles. The lowest BCUT2D eigenvalue weighted by Crippen LogP contribution is -2.31. The lowest BCUT2D eigenvalue weighted by atomic mass is 10.0. The van der Waals surface area contributed by atoms with Gasteiger partial charge >= 0.3 is 0 Å². The Hall–Kier alpha value is -2.29. The number of carbonyl (C=O) groups excluding carboxylic acids is 1. The summed E-state index contributed by atoms with van der Waals surface area (Å²) in [5, 5.41) is 3.20. The maximum Gasteiger partial charge on any atom is 0.224 e. The smallest absolute Gasteiger partial charge is 0.224 e. The topological polar surface area (TPSA) is 38.3 Å². The molecule has 1 aliphatic rings. The number of hydrogen-bond donors (Lipinski definition) is 1. The molecule has 1 fully saturated rings. The summed E-state index contributed by atoms with van der Waals surface area (Å²) in [4.78, 5) is 12.4. The first-order valence-corrected chi connectivity index (χ1v) is 7.73. The molecule has 0 bridgehead atoms. The summed E-state index contributed by atoms with van der Waals surface area (Å²) in [5.74, 6) is 1.43. The molecule has 3 nitrogen and oxygen atoms in total. The fourth-order valence-electron chi connectivity index (χ4n) is 2.76. The van der Waals surface area contributed by atoms with Gasteiger partial charge in [-0.25, -0.2) is 0 Å². The second-order valence-corrected chi connectivity index (χ2v) is 5.82. The van der Waals surface area contributed by atoms with Crippen molar-refractivity contribution in [3.05, 3.63) is 65.7 Å². The van der Waals surface area contributed by atoms with Crippen LogP contribution in [0, 0.1) is 5.92 Å². The van der Waals surface area contributed by atoms with E-state index >= 15 is 0 Å². The second-order valence-electron chi connectivity index (χ2n) is 5.82. The van der Waals surface area contributed by atoms with Gasteiger partial charge in [0.25, 0.3) is 0 Å². The summed E-state index contributed by atoms with van der Waals surface area (Å²) >= 11 is 0. The first-order valence-electron chi connectivity index (χ1n) is 7.73. The van der Waals surface area contributed by atoms with E-state index in [0.717, 1.165) is 11.3 Å². The van der Waals surface area contributed by atoms with Gasteiger partial charge in [-0.2, -0.15) is 0 Å². The quantitative estimate of drug-likeness (QED) is 0.885.